The van der Waals surface area contributed by atoms with Crippen LogP contribution in [-0.2, 0) is 6.54 Å². The summed E-state index contributed by atoms with van der Waals surface area (Å²) in [5, 5.41) is 6.57. The summed E-state index contributed by atoms with van der Waals surface area (Å²) in [7, 11) is 0. The number of nitrogens with one attached hydrogen (secondary N) is 1. The van der Waals surface area contributed by atoms with Gasteiger partial charge >= 0.3 is 0 Å². The summed E-state index contributed by atoms with van der Waals surface area (Å²) in [4.78, 5) is 12.5. The summed E-state index contributed by atoms with van der Waals surface area (Å²) in [5.74, 6) is 0.280. The first kappa shape index (κ1) is 19.7. The second-order valence-electron chi connectivity index (χ2n) is 7.08. The molecule has 152 valence electrons. The van der Waals surface area contributed by atoms with Crippen molar-refractivity contribution >= 4 is 33.9 Å². The Morgan fingerprint density at radius 3 is 2.60 bits per heavy atom. The van der Waals surface area contributed by atoms with Crippen LogP contribution in [0.2, 0.25) is 0 Å². The van der Waals surface area contributed by atoms with Crippen molar-refractivity contribution in [2.24, 2.45) is 5.10 Å². The maximum absolute atomic E-state index is 12.5. The van der Waals surface area contributed by atoms with Crippen LogP contribution < -0.4 is 10.2 Å². The van der Waals surface area contributed by atoms with E-state index in [1.807, 2.05) is 25.1 Å². The van der Waals surface area contributed by atoms with Gasteiger partial charge in [0.2, 0.25) is 0 Å². The van der Waals surface area contributed by atoms with E-state index in [4.69, 9.17) is 4.74 Å². The molecular formula is C25H25N3O2. The lowest BCUT2D eigenvalue weighted by Gasteiger charge is -2.09. The first-order valence-electron chi connectivity index (χ1n) is 10.3. The molecule has 1 heterocycles. The third-order valence-corrected chi connectivity index (χ3v) is 5.09. The Labute approximate surface area is 176 Å². The number of amides is 1. The minimum Gasteiger partial charge on any atom is -0.493 e. The van der Waals surface area contributed by atoms with Crippen LogP contribution in [0.15, 0.2) is 71.8 Å². The van der Waals surface area contributed by atoms with Crippen LogP contribution in [0.3, 0.4) is 0 Å². The van der Waals surface area contributed by atoms with Crippen LogP contribution in [0.1, 0.15) is 36.2 Å². The highest BCUT2D eigenvalue weighted by molar-refractivity contribution is 6.09. The predicted octanol–water partition coefficient (Wildman–Crippen LogP) is 5.37. The molecule has 0 unspecified atom stereocenters. The van der Waals surface area contributed by atoms with Crippen LogP contribution >= 0.6 is 0 Å². The van der Waals surface area contributed by atoms with E-state index in [1.54, 1.807) is 18.3 Å². The fourth-order valence-corrected chi connectivity index (χ4v) is 3.71. The van der Waals surface area contributed by atoms with E-state index in [-0.39, 0.29) is 5.91 Å². The Morgan fingerprint density at radius 1 is 1.00 bits per heavy atom. The topological polar surface area (TPSA) is 55.6 Å². The Kier molecular flexibility index (Phi) is 5.80. The third-order valence-electron chi connectivity index (χ3n) is 5.09. The van der Waals surface area contributed by atoms with E-state index < -0.39 is 0 Å². The molecule has 3 aromatic carbocycles. The van der Waals surface area contributed by atoms with E-state index in [9.17, 15) is 4.79 Å². The first-order valence-corrected chi connectivity index (χ1v) is 10.3. The van der Waals surface area contributed by atoms with E-state index >= 15 is 0 Å². The van der Waals surface area contributed by atoms with Crippen molar-refractivity contribution < 1.29 is 9.53 Å². The van der Waals surface area contributed by atoms with Crippen molar-refractivity contribution in [2.45, 2.75) is 26.8 Å². The van der Waals surface area contributed by atoms with Gasteiger partial charge < -0.3 is 9.30 Å². The van der Waals surface area contributed by atoms with Gasteiger partial charge in [-0.25, -0.2) is 5.43 Å². The number of benzene rings is 3. The van der Waals surface area contributed by atoms with Gasteiger partial charge in [0.1, 0.15) is 5.75 Å². The molecule has 0 bridgehead atoms. The summed E-state index contributed by atoms with van der Waals surface area (Å²) in [6.45, 7) is 5.66. The van der Waals surface area contributed by atoms with Crippen LogP contribution in [0, 0.1) is 0 Å². The third kappa shape index (κ3) is 3.79. The van der Waals surface area contributed by atoms with Crippen molar-refractivity contribution in [3.8, 4) is 5.75 Å². The second kappa shape index (κ2) is 8.82. The van der Waals surface area contributed by atoms with Gasteiger partial charge in [0.25, 0.3) is 5.91 Å². The molecule has 4 aromatic rings. The number of para-hydroxylation sites is 2. The zero-order valence-corrected chi connectivity index (χ0v) is 17.3. The van der Waals surface area contributed by atoms with Gasteiger partial charge in [-0.2, -0.15) is 5.10 Å². The number of aryl methyl sites for hydroxylation is 1. The Hall–Kier alpha value is -3.60. The number of hydrogen-bond donors (Lipinski definition) is 1. The van der Waals surface area contributed by atoms with Crippen molar-refractivity contribution in [1.29, 1.82) is 0 Å². The molecule has 0 aliphatic heterocycles. The quantitative estimate of drug-likeness (QED) is 0.336. The number of ether oxygens (including phenoxy) is 1. The fraction of sp³-hybridized carbons (Fsp3) is 0.200. The lowest BCUT2D eigenvalue weighted by atomic mass is 10.1. The molecule has 0 spiro atoms. The van der Waals surface area contributed by atoms with Crippen LogP contribution in [0.5, 0.6) is 5.75 Å². The zero-order chi connectivity index (χ0) is 20.9. The molecule has 1 amide bonds. The Balaban J connectivity index is 1.56. The molecule has 30 heavy (non-hydrogen) atoms. The van der Waals surface area contributed by atoms with Gasteiger partial charge in [0.15, 0.2) is 0 Å². The minimum absolute atomic E-state index is 0.290. The van der Waals surface area contributed by atoms with E-state index in [0.29, 0.717) is 17.9 Å². The SMILES string of the molecule is CCCOc1ccccc1C(=O)N/N=C/c1ccc2c(c1)c1ccccc1n2CC. The summed E-state index contributed by atoms with van der Waals surface area (Å²) in [5.41, 5.74) is 6.44. The number of carbonyl (C=O) groups is 1. The number of rotatable bonds is 7. The van der Waals surface area contributed by atoms with E-state index in [0.717, 1.165) is 18.5 Å². The van der Waals surface area contributed by atoms with Gasteiger partial charge in [-0.15, -0.1) is 0 Å². The maximum atomic E-state index is 12.5. The summed E-state index contributed by atoms with van der Waals surface area (Å²) < 4.78 is 7.97. The summed E-state index contributed by atoms with van der Waals surface area (Å²) in [6.07, 6.45) is 2.55. The molecule has 5 heteroatoms. The monoisotopic (exact) mass is 399 g/mol. The molecule has 0 fully saturated rings. The number of nitrogens with zero attached hydrogens (tertiary/aromatic N) is 2. The predicted molar refractivity (Wildman–Crippen MR) is 122 cm³/mol. The largest absolute Gasteiger partial charge is 0.493 e. The average molecular weight is 399 g/mol. The molecule has 1 N–H and O–H groups in total. The minimum atomic E-state index is -0.290. The van der Waals surface area contributed by atoms with Crippen LogP contribution in [0.4, 0.5) is 0 Å². The van der Waals surface area contributed by atoms with E-state index in [2.05, 4.69) is 58.4 Å². The zero-order valence-electron chi connectivity index (χ0n) is 17.3. The van der Waals surface area contributed by atoms with Crippen molar-refractivity contribution in [3.63, 3.8) is 0 Å². The fourth-order valence-electron chi connectivity index (χ4n) is 3.71. The molecule has 0 radical (unpaired) electrons. The Morgan fingerprint density at radius 2 is 1.77 bits per heavy atom. The summed E-state index contributed by atoms with van der Waals surface area (Å²) >= 11 is 0. The molecule has 0 atom stereocenters. The second-order valence-corrected chi connectivity index (χ2v) is 7.08. The number of hydrogen-bond acceptors (Lipinski definition) is 3. The Bertz CT molecular complexity index is 1220. The average Bonchev–Trinajstić information content (AvgIpc) is 3.11. The first-order chi connectivity index (χ1) is 14.7. The van der Waals surface area contributed by atoms with Crippen molar-refractivity contribution in [3.05, 3.63) is 77.9 Å². The lowest BCUT2D eigenvalue weighted by Crippen LogP contribution is -2.18. The number of aromatic nitrogens is 1. The normalized spacial score (nSPS) is 11.4. The standard InChI is InChI=1S/C25H25N3O2/c1-3-15-30-24-12-8-6-10-20(24)25(29)27-26-17-18-13-14-23-21(16-18)19-9-5-7-11-22(19)28(23)4-2/h5-14,16-17H,3-4,15H2,1-2H3,(H,27,29)/b26-17+. The van der Waals surface area contributed by atoms with Gasteiger partial charge in [0.05, 0.1) is 18.4 Å². The van der Waals surface area contributed by atoms with Crippen LogP contribution in [-0.4, -0.2) is 23.3 Å². The molecular weight excluding hydrogens is 374 g/mol. The molecule has 1 aromatic heterocycles. The molecule has 0 saturated carbocycles. The van der Waals surface area contributed by atoms with Crippen molar-refractivity contribution in [2.75, 3.05) is 6.61 Å². The molecule has 0 aliphatic rings. The maximum Gasteiger partial charge on any atom is 0.275 e. The van der Waals surface area contributed by atoms with E-state index in [1.165, 1.54) is 21.8 Å². The highest BCUT2D eigenvalue weighted by Gasteiger charge is 2.11. The molecule has 4 rings (SSSR count). The lowest BCUT2D eigenvalue weighted by molar-refractivity contribution is 0.0951. The number of carbonyl (C=O) groups excluding carboxylic acids is 1. The highest BCUT2D eigenvalue weighted by Crippen LogP contribution is 2.29. The molecule has 0 saturated heterocycles. The summed E-state index contributed by atoms with van der Waals surface area (Å²) in [6, 6.07) is 21.8. The van der Waals surface area contributed by atoms with Gasteiger partial charge in [-0.1, -0.05) is 43.3 Å². The van der Waals surface area contributed by atoms with Crippen LogP contribution in [0.25, 0.3) is 21.8 Å². The van der Waals surface area contributed by atoms with Gasteiger partial charge in [-0.05, 0) is 49.2 Å². The van der Waals surface area contributed by atoms with Crippen molar-refractivity contribution in [1.82, 2.24) is 9.99 Å². The van der Waals surface area contributed by atoms with Gasteiger partial charge in [-0.3, -0.25) is 4.79 Å². The smallest absolute Gasteiger partial charge is 0.275 e. The number of hydrazone groups is 1. The van der Waals surface area contributed by atoms with Gasteiger partial charge in [0, 0.05) is 28.4 Å². The number of fused-ring (bicyclic) bond motifs is 3. The molecule has 5 nitrogen and oxygen atoms in total. The molecule has 0 aliphatic carbocycles. The highest BCUT2D eigenvalue weighted by atomic mass is 16.5.